The van der Waals surface area contributed by atoms with E-state index in [4.69, 9.17) is 23.7 Å². The van der Waals surface area contributed by atoms with Crippen LogP contribution in [0.4, 0.5) is 4.39 Å². The second kappa shape index (κ2) is 5.63. The van der Waals surface area contributed by atoms with Crippen molar-refractivity contribution < 1.29 is 9.18 Å². The van der Waals surface area contributed by atoms with E-state index in [1.807, 2.05) is 4.90 Å². The van der Waals surface area contributed by atoms with Crippen molar-refractivity contribution in [3.8, 4) is 0 Å². The van der Waals surface area contributed by atoms with Crippen molar-refractivity contribution in [2.75, 3.05) is 13.1 Å². The number of amides is 1. The summed E-state index contributed by atoms with van der Waals surface area (Å²) in [6, 6.07) is 4.60. The average molecular weight is 281 g/mol. The third-order valence-electron chi connectivity index (χ3n) is 3.40. The Bertz CT molecular complexity index is 521. The number of nitrogens with zero attached hydrogens (tertiary/aromatic N) is 1. The Balaban J connectivity index is 2.09. The molecule has 1 atom stereocenters. The Morgan fingerprint density at radius 1 is 1.47 bits per heavy atom. The van der Waals surface area contributed by atoms with Gasteiger partial charge < -0.3 is 11.5 Å². The molecule has 102 valence electrons. The van der Waals surface area contributed by atoms with Gasteiger partial charge in [0.05, 0.1) is 5.92 Å². The molecule has 6 heteroatoms. The zero-order valence-electron chi connectivity index (χ0n) is 10.4. The van der Waals surface area contributed by atoms with E-state index in [9.17, 15) is 9.18 Å². The zero-order valence-corrected chi connectivity index (χ0v) is 11.3. The van der Waals surface area contributed by atoms with Crippen LogP contribution in [0.3, 0.4) is 0 Å². The van der Waals surface area contributed by atoms with Crippen LogP contribution < -0.4 is 11.5 Å². The van der Waals surface area contributed by atoms with E-state index in [1.54, 1.807) is 12.1 Å². The summed E-state index contributed by atoms with van der Waals surface area (Å²) in [4.78, 5) is 13.4. The lowest BCUT2D eigenvalue weighted by Gasteiger charge is -2.16. The molecule has 1 aromatic carbocycles. The van der Waals surface area contributed by atoms with Gasteiger partial charge in [-0.05, 0) is 31.2 Å². The summed E-state index contributed by atoms with van der Waals surface area (Å²) in [5.41, 5.74) is 12.0. The molecule has 0 radical (unpaired) electrons. The Kier molecular flexibility index (Phi) is 4.11. The van der Waals surface area contributed by atoms with Gasteiger partial charge in [0.2, 0.25) is 5.91 Å². The summed E-state index contributed by atoms with van der Waals surface area (Å²) in [5.74, 6) is -0.718. The fourth-order valence-electron chi connectivity index (χ4n) is 2.30. The minimum absolute atomic E-state index is 0.137. The molecule has 1 aliphatic heterocycles. The van der Waals surface area contributed by atoms with Crippen LogP contribution in [0.5, 0.6) is 0 Å². The fraction of sp³-hybridized carbons (Fsp3) is 0.385. The first-order chi connectivity index (χ1) is 8.97. The molecular weight excluding hydrogens is 265 g/mol. The molecule has 0 bridgehead atoms. The molecule has 1 saturated heterocycles. The highest BCUT2D eigenvalue weighted by molar-refractivity contribution is 7.80. The van der Waals surface area contributed by atoms with Crippen LogP contribution in [-0.4, -0.2) is 28.9 Å². The van der Waals surface area contributed by atoms with Crippen LogP contribution in [-0.2, 0) is 11.3 Å². The van der Waals surface area contributed by atoms with Gasteiger partial charge in [-0.1, -0.05) is 12.2 Å². The largest absolute Gasteiger partial charge is 0.389 e. The Morgan fingerprint density at radius 2 is 2.21 bits per heavy atom. The van der Waals surface area contributed by atoms with E-state index in [0.717, 1.165) is 13.0 Å². The number of carbonyl (C=O) groups is 1. The Hall–Kier alpha value is -1.53. The van der Waals surface area contributed by atoms with Crippen molar-refractivity contribution in [2.45, 2.75) is 13.0 Å². The molecule has 1 aromatic rings. The minimum Gasteiger partial charge on any atom is -0.389 e. The van der Waals surface area contributed by atoms with Crippen LogP contribution in [0.2, 0.25) is 0 Å². The Labute approximate surface area is 116 Å². The predicted molar refractivity (Wildman–Crippen MR) is 74.9 cm³/mol. The molecule has 4 N–H and O–H groups in total. The van der Waals surface area contributed by atoms with Crippen LogP contribution in [0.25, 0.3) is 0 Å². The molecule has 0 saturated carbocycles. The maximum absolute atomic E-state index is 13.7. The summed E-state index contributed by atoms with van der Waals surface area (Å²) >= 11 is 4.88. The number of rotatable bonds is 4. The number of thiocarbonyl (C=S) groups is 1. The van der Waals surface area contributed by atoms with Crippen LogP contribution in [0.15, 0.2) is 18.2 Å². The molecule has 4 nitrogen and oxygen atoms in total. The van der Waals surface area contributed by atoms with Crippen molar-refractivity contribution in [1.82, 2.24) is 4.90 Å². The number of halogens is 1. The highest BCUT2D eigenvalue weighted by Crippen LogP contribution is 2.20. The maximum Gasteiger partial charge on any atom is 0.221 e. The normalized spacial score (nSPS) is 19.5. The first-order valence-corrected chi connectivity index (χ1v) is 6.48. The van der Waals surface area contributed by atoms with Crippen LogP contribution in [0, 0.1) is 11.7 Å². The first kappa shape index (κ1) is 13.9. The van der Waals surface area contributed by atoms with E-state index in [2.05, 4.69) is 0 Å². The fourth-order valence-corrected chi connectivity index (χ4v) is 2.43. The number of carbonyl (C=O) groups excluding carboxylic acids is 1. The predicted octanol–water partition coefficient (Wildman–Crippen LogP) is 0.767. The molecule has 1 aliphatic rings. The molecule has 1 heterocycles. The highest BCUT2D eigenvalue weighted by Gasteiger charge is 2.26. The van der Waals surface area contributed by atoms with Gasteiger partial charge in [0, 0.05) is 24.2 Å². The van der Waals surface area contributed by atoms with Gasteiger partial charge in [0.15, 0.2) is 0 Å². The molecule has 19 heavy (non-hydrogen) atoms. The van der Waals surface area contributed by atoms with Gasteiger partial charge >= 0.3 is 0 Å². The van der Waals surface area contributed by atoms with E-state index in [0.29, 0.717) is 24.2 Å². The third kappa shape index (κ3) is 3.27. The van der Waals surface area contributed by atoms with Gasteiger partial charge in [-0.25, -0.2) is 4.39 Å². The summed E-state index contributed by atoms with van der Waals surface area (Å²) in [7, 11) is 0. The molecule has 0 aliphatic carbocycles. The van der Waals surface area contributed by atoms with E-state index in [1.165, 1.54) is 6.07 Å². The smallest absolute Gasteiger partial charge is 0.221 e. The molecule has 0 spiro atoms. The van der Waals surface area contributed by atoms with Crippen molar-refractivity contribution >= 4 is 23.1 Å². The van der Waals surface area contributed by atoms with Gasteiger partial charge in [-0.3, -0.25) is 9.69 Å². The highest BCUT2D eigenvalue weighted by atomic mass is 32.1. The van der Waals surface area contributed by atoms with Gasteiger partial charge in [0.25, 0.3) is 0 Å². The molecule has 1 unspecified atom stereocenters. The molecular formula is C13H16FN3OS. The van der Waals surface area contributed by atoms with Crippen LogP contribution in [0.1, 0.15) is 17.5 Å². The standard InChI is InChI=1S/C13H16FN3OS/c14-11-2-1-8(13(16)19)5-10(11)7-17-4-3-9(6-17)12(15)18/h1-2,5,9H,3-4,6-7H2,(H2,15,18)(H2,16,19). The maximum atomic E-state index is 13.7. The summed E-state index contributed by atoms with van der Waals surface area (Å²) < 4.78 is 13.7. The number of benzene rings is 1. The number of hydrogen-bond donors (Lipinski definition) is 2. The second-order valence-electron chi connectivity index (χ2n) is 4.79. The van der Waals surface area contributed by atoms with Crippen molar-refractivity contribution in [3.05, 3.63) is 35.1 Å². The van der Waals surface area contributed by atoms with Crippen LogP contribution >= 0.6 is 12.2 Å². The minimum atomic E-state index is -0.292. The van der Waals surface area contributed by atoms with Gasteiger partial charge in [0.1, 0.15) is 10.8 Å². The van der Waals surface area contributed by atoms with Crippen molar-refractivity contribution in [3.63, 3.8) is 0 Å². The number of nitrogens with two attached hydrogens (primary N) is 2. The molecule has 1 fully saturated rings. The summed E-state index contributed by atoms with van der Waals surface area (Å²) in [6.45, 7) is 1.75. The monoisotopic (exact) mass is 281 g/mol. The number of likely N-dealkylation sites (tertiary alicyclic amines) is 1. The topological polar surface area (TPSA) is 72.4 Å². The molecule has 2 rings (SSSR count). The SMILES string of the molecule is NC(=O)C1CCN(Cc2cc(C(N)=S)ccc2F)C1. The van der Waals surface area contributed by atoms with E-state index in [-0.39, 0.29) is 22.6 Å². The molecule has 1 amide bonds. The number of hydrogen-bond acceptors (Lipinski definition) is 3. The zero-order chi connectivity index (χ0) is 14.0. The first-order valence-electron chi connectivity index (χ1n) is 6.07. The van der Waals surface area contributed by atoms with Crippen molar-refractivity contribution in [2.24, 2.45) is 17.4 Å². The average Bonchev–Trinajstić information content (AvgIpc) is 2.80. The second-order valence-corrected chi connectivity index (χ2v) is 5.23. The molecule has 0 aromatic heterocycles. The lowest BCUT2D eigenvalue weighted by Crippen LogP contribution is -2.27. The lowest BCUT2D eigenvalue weighted by atomic mass is 10.1. The quantitative estimate of drug-likeness (QED) is 0.800. The van der Waals surface area contributed by atoms with Gasteiger partial charge in [-0.15, -0.1) is 0 Å². The van der Waals surface area contributed by atoms with Gasteiger partial charge in [-0.2, -0.15) is 0 Å². The lowest BCUT2D eigenvalue weighted by molar-refractivity contribution is -0.121. The van der Waals surface area contributed by atoms with Crippen molar-refractivity contribution in [1.29, 1.82) is 0 Å². The van der Waals surface area contributed by atoms with E-state index >= 15 is 0 Å². The third-order valence-corrected chi connectivity index (χ3v) is 3.63. The van der Waals surface area contributed by atoms with E-state index < -0.39 is 0 Å². The number of primary amides is 1. The summed E-state index contributed by atoms with van der Waals surface area (Å²) in [5, 5.41) is 0. The summed E-state index contributed by atoms with van der Waals surface area (Å²) in [6.07, 6.45) is 0.728. The Morgan fingerprint density at radius 3 is 2.79 bits per heavy atom.